The maximum Gasteiger partial charge on any atom is 0.573 e. The highest BCUT2D eigenvalue weighted by molar-refractivity contribution is 9.10. The van der Waals surface area contributed by atoms with Crippen molar-refractivity contribution in [3.8, 4) is 5.75 Å². The lowest BCUT2D eigenvalue weighted by Gasteiger charge is -2.18. The molecule has 126 valence electrons. The van der Waals surface area contributed by atoms with Crippen LogP contribution in [0.4, 0.5) is 13.2 Å². The molecule has 1 aliphatic rings. The predicted molar refractivity (Wildman–Crippen MR) is 85.6 cm³/mol. The maximum atomic E-state index is 12.4. The van der Waals surface area contributed by atoms with Crippen LogP contribution < -0.4 is 10.1 Å². The van der Waals surface area contributed by atoms with Crippen LogP contribution >= 0.6 is 15.9 Å². The quantitative estimate of drug-likeness (QED) is 0.804. The van der Waals surface area contributed by atoms with E-state index in [1.54, 1.807) is 0 Å². The second kappa shape index (κ2) is 6.12. The summed E-state index contributed by atoms with van der Waals surface area (Å²) in [6, 6.07) is 13.3. The van der Waals surface area contributed by atoms with Gasteiger partial charge in [0, 0.05) is 5.56 Å². The van der Waals surface area contributed by atoms with E-state index in [9.17, 15) is 18.0 Å². The van der Waals surface area contributed by atoms with Gasteiger partial charge in [0.1, 0.15) is 5.75 Å². The molecule has 0 saturated heterocycles. The fraction of sp³-hybridized carbons (Fsp3) is 0.235. The molecule has 0 atom stereocenters. The molecule has 0 unspecified atom stereocenters. The molecule has 2 aromatic rings. The first-order valence-electron chi connectivity index (χ1n) is 7.22. The molecule has 24 heavy (non-hydrogen) atoms. The largest absolute Gasteiger partial charge is 0.573 e. The summed E-state index contributed by atoms with van der Waals surface area (Å²) in [6.07, 6.45) is -3.12. The standard InChI is InChI=1S/C17H13BrF3NO2/c18-13-10-11(6-7-14(13)24-17(19,20)21)15(23)22-16(8-9-16)12-4-2-1-3-5-12/h1-7,10H,8-9H2,(H,22,23). The third-order valence-electron chi connectivity index (χ3n) is 3.85. The Bertz CT molecular complexity index is 758. The smallest absolute Gasteiger partial charge is 0.405 e. The molecule has 0 aromatic heterocycles. The van der Waals surface area contributed by atoms with Gasteiger partial charge in [-0.3, -0.25) is 4.79 Å². The van der Waals surface area contributed by atoms with E-state index in [0.717, 1.165) is 24.5 Å². The molecule has 0 radical (unpaired) electrons. The van der Waals surface area contributed by atoms with Crippen LogP contribution in [0.2, 0.25) is 0 Å². The van der Waals surface area contributed by atoms with Crippen molar-refractivity contribution in [2.75, 3.05) is 0 Å². The van der Waals surface area contributed by atoms with Crippen molar-refractivity contribution < 1.29 is 22.7 Å². The van der Waals surface area contributed by atoms with E-state index < -0.39 is 6.36 Å². The van der Waals surface area contributed by atoms with Crippen LogP contribution in [-0.4, -0.2) is 12.3 Å². The molecule has 7 heteroatoms. The van der Waals surface area contributed by atoms with E-state index in [4.69, 9.17) is 0 Å². The Morgan fingerprint density at radius 1 is 1.12 bits per heavy atom. The van der Waals surface area contributed by atoms with Crippen molar-refractivity contribution in [1.29, 1.82) is 0 Å². The molecular formula is C17H13BrF3NO2. The molecule has 1 aliphatic carbocycles. The minimum Gasteiger partial charge on any atom is -0.405 e. The summed E-state index contributed by atoms with van der Waals surface area (Å²) in [5, 5.41) is 2.97. The van der Waals surface area contributed by atoms with Gasteiger partial charge in [-0.05, 0) is 52.5 Å². The summed E-state index contributed by atoms with van der Waals surface area (Å²) >= 11 is 3.00. The zero-order chi connectivity index (χ0) is 17.4. The molecule has 0 bridgehead atoms. The first-order chi connectivity index (χ1) is 11.3. The Hall–Kier alpha value is -2.02. The number of benzene rings is 2. The number of carbonyl (C=O) groups excluding carboxylic acids is 1. The summed E-state index contributed by atoms with van der Waals surface area (Å²) < 4.78 is 40.8. The van der Waals surface area contributed by atoms with Crippen molar-refractivity contribution in [3.05, 3.63) is 64.1 Å². The summed E-state index contributed by atoms with van der Waals surface area (Å²) in [7, 11) is 0. The molecule has 1 N–H and O–H groups in total. The molecule has 1 saturated carbocycles. The average Bonchev–Trinajstić information content (AvgIpc) is 3.30. The first kappa shape index (κ1) is 16.8. The number of hydrogen-bond acceptors (Lipinski definition) is 2. The number of rotatable bonds is 4. The molecule has 1 fully saturated rings. The van der Waals surface area contributed by atoms with Gasteiger partial charge < -0.3 is 10.1 Å². The summed E-state index contributed by atoms with van der Waals surface area (Å²) in [5.74, 6) is -0.723. The fourth-order valence-electron chi connectivity index (χ4n) is 2.51. The van der Waals surface area contributed by atoms with Crippen molar-refractivity contribution in [2.24, 2.45) is 0 Å². The normalized spacial score (nSPS) is 15.7. The number of hydrogen-bond donors (Lipinski definition) is 1. The average molecular weight is 400 g/mol. The number of alkyl halides is 3. The van der Waals surface area contributed by atoms with E-state index in [-0.39, 0.29) is 27.2 Å². The highest BCUT2D eigenvalue weighted by Gasteiger charge is 2.45. The zero-order valence-corrected chi connectivity index (χ0v) is 13.9. The number of nitrogens with one attached hydrogen (secondary N) is 1. The van der Waals surface area contributed by atoms with E-state index in [2.05, 4.69) is 26.0 Å². The van der Waals surface area contributed by atoms with Crippen molar-refractivity contribution in [1.82, 2.24) is 5.32 Å². The van der Waals surface area contributed by atoms with Crippen molar-refractivity contribution in [3.63, 3.8) is 0 Å². The number of halogens is 4. The fourth-order valence-corrected chi connectivity index (χ4v) is 2.97. The van der Waals surface area contributed by atoms with Crippen LogP contribution in [0.5, 0.6) is 5.75 Å². The van der Waals surface area contributed by atoms with Crippen LogP contribution in [0.1, 0.15) is 28.8 Å². The summed E-state index contributed by atoms with van der Waals surface area (Å²) in [5.41, 5.74) is 0.902. The second-order valence-corrected chi connectivity index (χ2v) is 6.45. The predicted octanol–water partition coefficient (Wildman–Crippen LogP) is 4.77. The maximum absolute atomic E-state index is 12.4. The third kappa shape index (κ3) is 3.72. The number of ether oxygens (including phenoxy) is 1. The summed E-state index contributed by atoms with van der Waals surface area (Å²) in [6.45, 7) is 0. The first-order valence-corrected chi connectivity index (χ1v) is 8.02. The molecule has 0 spiro atoms. The molecule has 3 rings (SSSR count). The lowest BCUT2D eigenvalue weighted by atomic mass is 10.0. The zero-order valence-electron chi connectivity index (χ0n) is 12.4. The SMILES string of the molecule is O=C(NC1(c2ccccc2)CC1)c1ccc(OC(F)(F)F)c(Br)c1. The monoisotopic (exact) mass is 399 g/mol. The van der Waals surface area contributed by atoms with Crippen molar-refractivity contribution >= 4 is 21.8 Å². The molecule has 2 aromatic carbocycles. The lowest BCUT2D eigenvalue weighted by molar-refractivity contribution is -0.274. The number of carbonyl (C=O) groups is 1. The van der Waals surface area contributed by atoms with Crippen LogP contribution in [0.15, 0.2) is 53.0 Å². The van der Waals surface area contributed by atoms with Crippen LogP contribution in [-0.2, 0) is 5.54 Å². The summed E-state index contributed by atoms with van der Waals surface area (Å²) in [4.78, 5) is 12.4. The van der Waals surface area contributed by atoms with Crippen molar-refractivity contribution in [2.45, 2.75) is 24.7 Å². The highest BCUT2D eigenvalue weighted by Crippen LogP contribution is 2.45. The topological polar surface area (TPSA) is 38.3 Å². The van der Waals surface area contributed by atoms with Gasteiger partial charge in [0.25, 0.3) is 5.91 Å². The van der Waals surface area contributed by atoms with E-state index in [1.165, 1.54) is 12.1 Å². The van der Waals surface area contributed by atoms with Gasteiger partial charge in [-0.15, -0.1) is 13.2 Å². The van der Waals surface area contributed by atoms with Gasteiger partial charge in [0.15, 0.2) is 0 Å². The number of amides is 1. The molecule has 0 heterocycles. The Morgan fingerprint density at radius 3 is 2.33 bits per heavy atom. The van der Waals surface area contributed by atoms with E-state index in [0.29, 0.717) is 0 Å². The Labute approximate surface area is 144 Å². The minimum atomic E-state index is -4.78. The van der Waals surface area contributed by atoms with Crippen LogP contribution in [0, 0.1) is 0 Å². The third-order valence-corrected chi connectivity index (χ3v) is 4.47. The Morgan fingerprint density at radius 2 is 1.79 bits per heavy atom. The molecular weight excluding hydrogens is 387 g/mol. The van der Waals surface area contributed by atoms with E-state index >= 15 is 0 Å². The molecule has 3 nitrogen and oxygen atoms in total. The van der Waals surface area contributed by atoms with Gasteiger partial charge in [-0.2, -0.15) is 0 Å². The van der Waals surface area contributed by atoms with Gasteiger partial charge in [0.05, 0.1) is 10.0 Å². The van der Waals surface area contributed by atoms with Gasteiger partial charge in [0.2, 0.25) is 0 Å². The van der Waals surface area contributed by atoms with Gasteiger partial charge in [-0.1, -0.05) is 30.3 Å². The van der Waals surface area contributed by atoms with Crippen LogP contribution in [0.3, 0.4) is 0 Å². The van der Waals surface area contributed by atoms with Gasteiger partial charge >= 0.3 is 6.36 Å². The minimum absolute atomic E-state index is 0.0667. The Balaban J connectivity index is 1.75. The van der Waals surface area contributed by atoms with E-state index in [1.807, 2.05) is 30.3 Å². The Kier molecular flexibility index (Phi) is 4.29. The highest BCUT2D eigenvalue weighted by atomic mass is 79.9. The molecule has 0 aliphatic heterocycles. The second-order valence-electron chi connectivity index (χ2n) is 5.60. The van der Waals surface area contributed by atoms with Gasteiger partial charge in [-0.25, -0.2) is 0 Å². The lowest BCUT2D eigenvalue weighted by Crippen LogP contribution is -2.34. The van der Waals surface area contributed by atoms with Crippen LogP contribution in [0.25, 0.3) is 0 Å². The molecule has 1 amide bonds.